The topological polar surface area (TPSA) is 62.6 Å². The van der Waals surface area contributed by atoms with Crippen LogP contribution < -0.4 is 5.32 Å². The molecule has 0 spiro atoms. The van der Waals surface area contributed by atoms with E-state index in [9.17, 15) is 9.59 Å². The van der Waals surface area contributed by atoms with Gasteiger partial charge in [0.1, 0.15) is 5.76 Å². The highest BCUT2D eigenvalue weighted by atomic mass is 32.1. The first-order chi connectivity index (χ1) is 14.7. The lowest BCUT2D eigenvalue weighted by molar-refractivity contribution is -0.124. The minimum absolute atomic E-state index is 0.0472. The highest BCUT2D eigenvalue weighted by Gasteiger charge is 2.47. The Morgan fingerprint density at radius 2 is 1.93 bits per heavy atom. The SMILES string of the molecule is O=C(NCc1ccco1)[C@@H]1c2ccccc2C(=O)N(C2CCCC2)[C@@H]1c1cccs1. The van der Waals surface area contributed by atoms with E-state index >= 15 is 0 Å². The molecule has 1 N–H and O–H groups in total. The molecule has 2 amide bonds. The molecule has 5 nitrogen and oxygen atoms in total. The number of nitrogens with zero attached hydrogens (tertiary/aromatic N) is 1. The minimum Gasteiger partial charge on any atom is -0.467 e. The first-order valence-electron chi connectivity index (χ1n) is 10.5. The summed E-state index contributed by atoms with van der Waals surface area (Å²) in [5, 5.41) is 5.07. The van der Waals surface area contributed by atoms with Gasteiger partial charge < -0.3 is 14.6 Å². The van der Waals surface area contributed by atoms with Crippen molar-refractivity contribution in [1.29, 1.82) is 0 Å². The van der Waals surface area contributed by atoms with Crippen LogP contribution in [0.1, 0.15) is 64.2 Å². The van der Waals surface area contributed by atoms with Crippen LogP contribution in [0.3, 0.4) is 0 Å². The molecule has 0 saturated heterocycles. The van der Waals surface area contributed by atoms with E-state index in [1.54, 1.807) is 17.6 Å². The van der Waals surface area contributed by atoms with Crippen LogP contribution >= 0.6 is 11.3 Å². The van der Waals surface area contributed by atoms with Crippen molar-refractivity contribution in [2.24, 2.45) is 0 Å². The van der Waals surface area contributed by atoms with Crippen LogP contribution in [0.25, 0.3) is 0 Å². The summed E-state index contributed by atoms with van der Waals surface area (Å²) in [6.07, 6.45) is 5.85. The first kappa shape index (κ1) is 19.1. The summed E-state index contributed by atoms with van der Waals surface area (Å²) < 4.78 is 5.38. The molecule has 1 saturated carbocycles. The van der Waals surface area contributed by atoms with Gasteiger partial charge in [-0.3, -0.25) is 9.59 Å². The fourth-order valence-electron chi connectivity index (χ4n) is 4.88. The maximum absolute atomic E-state index is 13.6. The lowest BCUT2D eigenvalue weighted by Gasteiger charge is -2.44. The van der Waals surface area contributed by atoms with Crippen LogP contribution in [0.2, 0.25) is 0 Å². The van der Waals surface area contributed by atoms with E-state index < -0.39 is 5.92 Å². The largest absolute Gasteiger partial charge is 0.467 e. The molecule has 0 unspecified atom stereocenters. The Hall–Kier alpha value is -2.86. The number of carbonyl (C=O) groups is 2. The van der Waals surface area contributed by atoms with E-state index in [2.05, 4.69) is 5.32 Å². The van der Waals surface area contributed by atoms with Crippen molar-refractivity contribution in [3.8, 4) is 0 Å². The fraction of sp³-hybridized carbons (Fsp3) is 0.333. The molecule has 3 heterocycles. The maximum Gasteiger partial charge on any atom is 0.254 e. The molecule has 1 aliphatic heterocycles. The van der Waals surface area contributed by atoms with E-state index in [0.717, 1.165) is 36.1 Å². The summed E-state index contributed by atoms with van der Waals surface area (Å²) in [6.45, 7) is 0.332. The Labute approximate surface area is 179 Å². The summed E-state index contributed by atoms with van der Waals surface area (Å²) in [4.78, 5) is 30.2. The van der Waals surface area contributed by atoms with E-state index in [4.69, 9.17) is 4.42 Å². The smallest absolute Gasteiger partial charge is 0.254 e. The fourth-order valence-corrected chi connectivity index (χ4v) is 5.74. The van der Waals surface area contributed by atoms with Gasteiger partial charge in [0.15, 0.2) is 0 Å². The quantitative estimate of drug-likeness (QED) is 0.640. The predicted molar refractivity (Wildman–Crippen MR) is 115 cm³/mol. The van der Waals surface area contributed by atoms with Crippen LogP contribution in [0.4, 0.5) is 0 Å². The van der Waals surface area contributed by atoms with Gasteiger partial charge in [-0.1, -0.05) is 37.1 Å². The zero-order chi connectivity index (χ0) is 20.5. The summed E-state index contributed by atoms with van der Waals surface area (Å²) >= 11 is 1.61. The molecular weight excluding hydrogens is 396 g/mol. The Bertz CT molecular complexity index is 1020. The standard InChI is InChI=1S/C24H24N2O3S/c27-23(25-15-17-9-5-13-29-17)21-18-10-3-4-11-19(18)24(28)26(16-7-1-2-8-16)22(21)20-12-6-14-30-20/h3-6,9-14,16,21-22H,1-2,7-8,15H2,(H,25,27)/t21-,22-/m1/s1. The normalized spacial score (nSPS) is 21.6. The Balaban J connectivity index is 1.57. The molecule has 2 atom stereocenters. The average molecular weight is 421 g/mol. The number of rotatable bonds is 5. The van der Waals surface area contributed by atoms with Crippen molar-refractivity contribution in [3.63, 3.8) is 0 Å². The van der Waals surface area contributed by atoms with Crippen molar-refractivity contribution < 1.29 is 14.0 Å². The number of hydrogen-bond donors (Lipinski definition) is 1. The number of amides is 2. The third kappa shape index (κ3) is 3.35. The second-order valence-corrected chi connectivity index (χ2v) is 8.95. The second kappa shape index (κ2) is 8.11. The van der Waals surface area contributed by atoms with Gasteiger partial charge in [-0.25, -0.2) is 0 Å². The van der Waals surface area contributed by atoms with Gasteiger partial charge in [-0.2, -0.15) is 0 Å². The van der Waals surface area contributed by atoms with Crippen molar-refractivity contribution in [1.82, 2.24) is 10.2 Å². The van der Waals surface area contributed by atoms with Crippen molar-refractivity contribution in [3.05, 3.63) is 81.9 Å². The molecule has 3 aromatic rings. The minimum atomic E-state index is -0.451. The van der Waals surface area contributed by atoms with E-state index in [-0.39, 0.29) is 23.9 Å². The van der Waals surface area contributed by atoms with Gasteiger partial charge in [-0.05, 0) is 48.1 Å². The number of thiophene rings is 1. The lowest BCUT2D eigenvalue weighted by atomic mass is 9.80. The second-order valence-electron chi connectivity index (χ2n) is 7.97. The summed E-state index contributed by atoms with van der Waals surface area (Å²) in [6, 6.07) is 15.2. The van der Waals surface area contributed by atoms with Crippen molar-refractivity contribution in [2.45, 2.75) is 50.2 Å². The molecular formula is C24H24N2O3S. The van der Waals surface area contributed by atoms with Crippen LogP contribution in [0.5, 0.6) is 0 Å². The van der Waals surface area contributed by atoms with Gasteiger partial charge in [0.05, 0.1) is 24.8 Å². The molecule has 154 valence electrons. The summed E-state index contributed by atoms with van der Waals surface area (Å²) in [5.41, 5.74) is 1.46. The highest BCUT2D eigenvalue weighted by molar-refractivity contribution is 7.10. The van der Waals surface area contributed by atoms with Gasteiger partial charge in [0.2, 0.25) is 5.91 Å². The number of carbonyl (C=O) groups excluding carboxylic acids is 2. The number of fused-ring (bicyclic) bond motifs is 1. The van der Waals surface area contributed by atoms with Gasteiger partial charge in [-0.15, -0.1) is 11.3 Å². The van der Waals surface area contributed by atoms with Crippen molar-refractivity contribution in [2.75, 3.05) is 0 Å². The van der Waals surface area contributed by atoms with Crippen LogP contribution in [-0.2, 0) is 11.3 Å². The van der Waals surface area contributed by atoms with E-state index in [0.29, 0.717) is 17.9 Å². The first-order valence-corrected chi connectivity index (χ1v) is 11.4. The maximum atomic E-state index is 13.6. The monoisotopic (exact) mass is 420 g/mol. The van der Waals surface area contributed by atoms with Gasteiger partial charge >= 0.3 is 0 Å². The Kier molecular flexibility index (Phi) is 5.17. The molecule has 0 radical (unpaired) electrons. The number of hydrogen-bond acceptors (Lipinski definition) is 4. The molecule has 0 bridgehead atoms. The van der Waals surface area contributed by atoms with Gasteiger partial charge in [0.25, 0.3) is 5.91 Å². The molecule has 5 rings (SSSR count). The Morgan fingerprint density at radius 1 is 1.10 bits per heavy atom. The van der Waals surface area contributed by atoms with E-state index in [1.807, 2.05) is 58.8 Å². The van der Waals surface area contributed by atoms with Crippen molar-refractivity contribution >= 4 is 23.2 Å². The highest BCUT2D eigenvalue weighted by Crippen LogP contribution is 2.47. The zero-order valence-electron chi connectivity index (χ0n) is 16.6. The molecule has 30 heavy (non-hydrogen) atoms. The molecule has 1 fully saturated rings. The van der Waals surface area contributed by atoms with Crippen LogP contribution in [0.15, 0.2) is 64.6 Å². The number of benzene rings is 1. The molecule has 1 aliphatic carbocycles. The third-order valence-electron chi connectivity index (χ3n) is 6.23. The number of nitrogens with one attached hydrogen (secondary N) is 1. The predicted octanol–water partition coefficient (Wildman–Crippen LogP) is 4.88. The third-order valence-corrected chi connectivity index (χ3v) is 7.17. The van der Waals surface area contributed by atoms with Crippen LogP contribution in [-0.4, -0.2) is 22.8 Å². The van der Waals surface area contributed by atoms with Gasteiger partial charge in [0, 0.05) is 16.5 Å². The average Bonchev–Trinajstić information content (AvgIpc) is 3.55. The molecule has 2 aromatic heterocycles. The lowest BCUT2D eigenvalue weighted by Crippen LogP contribution is -2.50. The Morgan fingerprint density at radius 3 is 2.67 bits per heavy atom. The molecule has 6 heteroatoms. The molecule has 1 aromatic carbocycles. The van der Waals surface area contributed by atoms with Crippen LogP contribution in [0, 0.1) is 0 Å². The summed E-state index contributed by atoms with van der Waals surface area (Å²) in [7, 11) is 0. The molecule has 2 aliphatic rings. The zero-order valence-corrected chi connectivity index (χ0v) is 17.4. The summed E-state index contributed by atoms with van der Waals surface area (Å²) in [5.74, 6) is 0.232. The number of furan rings is 1. The van der Waals surface area contributed by atoms with E-state index in [1.165, 1.54) is 0 Å².